The highest BCUT2D eigenvalue weighted by Gasteiger charge is 2.31. The predicted octanol–water partition coefficient (Wildman–Crippen LogP) is 2.60. The number of rotatable bonds is 12. The van der Waals surface area contributed by atoms with Crippen LogP contribution in [-0.4, -0.2) is 69.8 Å². The van der Waals surface area contributed by atoms with E-state index >= 15 is 0 Å². The maximum absolute atomic E-state index is 13.6. The van der Waals surface area contributed by atoms with Gasteiger partial charge in [-0.05, 0) is 44.4 Å². The Labute approximate surface area is 213 Å². The molecule has 1 N–H and O–H groups in total. The summed E-state index contributed by atoms with van der Waals surface area (Å²) in [6.45, 7) is 6.24. The van der Waals surface area contributed by atoms with E-state index in [1.54, 1.807) is 25.1 Å². The molecule has 1 aliphatic rings. The SMILES string of the molecule is CCCNC(=O)C(C)N(CCc1ccccc1)C(=O)CN(c1ccc2c(c1)OCCO2)S(=O)(=O)CC. The van der Waals surface area contributed by atoms with E-state index in [0.29, 0.717) is 43.4 Å². The van der Waals surface area contributed by atoms with E-state index in [4.69, 9.17) is 9.47 Å². The standard InChI is InChI=1S/C26H35N3O6S/c1-4-14-27-26(31)20(3)28(15-13-21-9-7-6-8-10-21)25(30)19-29(36(32,33)5-2)22-11-12-23-24(18-22)35-17-16-34-23/h6-12,18,20H,4-5,13-17,19H2,1-3H3,(H,27,31). The summed E-state index contributed by atoms with van der Waals surface area (Å²) in [4.78, 5) is 27.8. The van der Waals surface area contributed by atoms with Gasteiger partial charge in [-0.3, -0.25) is 13.9 Å². The number of ether oxygens (including phenoxy) is 2. The van der Waals surface area contributed by atoms with E-state index in [0.717, 1.165) is 16.3 Å². The molecule has 1 unspecified atom stereocenters. The van der Waals surface area contributed by atoms with Crippen LogP contribution in [0.25, 0.3) is 0 Å². The Morgan fingerprint density at radius 1 is 1.03 bits per heavy atom. The third-order valence-electron chi connectivity index (χ3n) is 5.99. The Kier molecular flexibility index (Phi) is 9.58. The minimum Gasteiger partial charge on any atom is -0.486 e. The molecule has 36 heavy (non-hydrogen) atoms. The first-order valence-corrected chi connectivity index (χ1v) is 13.9. The molecule has 1 atom stereocenters. The smallest absolute Gasteiger partial charge is 0.244 e. The van der Waals surface area contributed by atoms with Crippen LogP contribution < -0.4 is 19.1 Å². The molecule has 0 bridgehead atoms. The molecule has 3 rings (SSSR count). The van der Waals surface area contributed by atoms with Crippen LogP contribution in [0.3, 0.4) is 0 Å². The lowest BCUT2D eigenvalue weighted by Crippen LogP contribution is -2.52. The minimum atomic E-state index is -3.81. The van der Waals surface area contributed by atoms with Crippen molar-refractivity contribution >= 4 is 27.5 Å². The monoisotopic (exact) mass is 517 g/mol. The molecular formula is C26H35N3O6S. The van der Waals surface area contributed by atoms with Gasteiger partial charge in [0.05, 0.1) is 11.4 Å². The van der Waals surface area contributed by atoms with Gasteiger partial charge in [-0.15, -0.1) is 0 Å². The molecule has 0 aromatic heterocycles. The minimum absolute atomic E-state index is 0.189. The quantitative estimate of drug-likeness (QED) is 0.464. The first-order valence-electron chi connectivity index (χ1n) is 12.3. The molecule has 10 heteroatoms. The molecule has 0 radical (unpaired) electrons. The van der Waals surface area contributed by atoms with Gasteiger partial charge in [0.25, 0.3) is 0 Å². The van der Waals surface area contributed by atoms with Crippen LogP contribution in [0, 0.1) is 0 Å². The van der Waals surface area contributed by atoms with Crippen molar-refractivity contribution in [2.24, 2.45) is 0 Å². The highest BCUT2D eigenvalue weighted by atomic mass is 32.2. The Balaban J connectivity index is 1.88. The molecule has 2 aromatic rings. The van der Waals surface area contributed by atoms with Crippen molar-refractivity contribution in [3.05, 3.63) is 54.1 Å². The fourth-order valence-electron chi connectivity index (χ4n) is 3.87. The molecule has 0 aliphatic carbocycles. The Bertz CT molecular complexity index is 1140. The molecule has 0 spiro atoms. The van der Waals surface area contributed by atoms with Gasteiger partial charge in [0.15, 0.2) is 11.5 Å². The van der Waals surface area contributed by atoms with E-state index in [-0.39, 0.29) is 18.2 Å². The second-order valence-electron chi connectivity index (χ2n) is 8.52. The average Bonchev–Trinajstić information content (AvgIpc) is 2.90. The number of nitrogens with one attached hydrogen (secondary N) is 1. The lowest BCUT2D eigenvalue weighted by molar-refractivity contribution is -0.138. The van der Waals surface area contributed by atoms with E-state index in [2.05, 4.69) is 5.32 Å². The van der Waals surface area contributed by atoms with E-state index in [9.17, 15) is 18.0 Å². The van der Waals surface area contributed by atoms with Crippen molar-refractivity contribution in [2.45, 2.75) is 39.7 Å². The zero-order chi connectivity index (χ0) is 26.1. The first-order chi connectivity index (χ1) is 17.3. The molecule has 1 heterocycles. The second kappa shape index (κ2) is 12.6. The van der Waals surface area contributed by atoms with E-state index < -0.39 is 28.5 Å². The normalized spacial score (nSPS) is 13.5. The highest BCUT2D eigenvalue weighted by Crippen LogP contribution is 2.35. The summed E-state index contributed by atoms with van der Waals surface area (Å²) < 4.78 is 38.3. The van der Waals surface area contributed by atoms with E-state index in [1.165, 1.54) is 11.8 Å². The average molecular weight is 518 g/mol. The van der Waals surface area contributed by atoms with Crippen LogP contribution in [0.15, 0.2) is 48.5 Å². The second-order valence-corrected chi connectivity index (χ2v) is 10.7. The summed E-state index contributed by atoms with van der Waals surface area (Å²) in [6, 6.07) is 13.7. The third kappa shape index (κ3) is 6.90. The zero-order valence-electron chi connectivity index (χ0n) is 21.1. The van der Waals surface area contributed by atoms with Crippen LogP contribution in [-0.2, 0) is 26.0 Å². The van der Waals surface area contributed by atoms with Crippen molar-refractivity contribution in [1.29, 1.82) is 0 Å². The fraction of sp³-hybridized carbons (Fsp3) is 0.462. The Morgan fingerprint density at radius 3 is 2.39 bits per heavy atom. The van der Waals surface area contributed by atoms with Gasteiger partial charge in [0.2, 0.25) is 21.8 Å². The Hall–Kier alpha value is -3.27. The summed E-state index contributed by atoms with van der Waals surface area (Å²) in [5, 5.41) is 2.83. The number of fused-ring (bicyclic) bond motifs is 1. The van der Waals surface area contributed by atoms with Gasteiger partial charge in [-0.2, -0.15) is 0 Å². The number of benzene rings is 2. The first kappa shape index (κ1) is 27.3. The number of hydrogen-bond donors (Lipinski definition) is 1. The van der Waals surface area contributed by atoms with Gasteiger partial charge >= 0.3 is 0 Å². The Morgan fingerprint density at radius 2 is 1.72 bits per heavy atom. The molecule has 0 fully saturated rings. The van der Waals surface area contributed by atoms with Crippen molar-refractivity contribution in [3.63, 3.8) is 0 Å². The number of hydrogen-bond acceptors (Lipinski definition) is 6. The summed E-state index contributed by atoms with van der Waals surface area (Å²) >= 11 is 0. The van der Waals surface area contributed by atoms with Gasteiger partial charge < -0.3 is 19.7 Å². The van der Waals surface area contributed by atoms with Crippen molar-refractivity contribution < 1.29 is 27.5 Å². The van der Waals surface area contributed by atoms with Crippen LogP contribution in [0.4, 0.5) is 5.69 Å². The number of anilines is 1. The van der Waals surface area contributed by atoms with Gasteiger partial charge in [0.1, 0.15) is 25.8 Å². The van der Waals surface area contributed by atoms with E-state index in [1.807, 2.05) is 37.3 Å². The summed E-state index contributed by atoms with van der Waals surface area (Å²) in [5.74, 6) is 0.0248. The topological polar surface area (TPSA) is 105 Å². The molecule has 9 nitrogen and oxygen atoms in total. The fourth-order valence-corrected chi connectivity index (χ4v) is 4.93. The summed E-state index contributed by atoms with van der Waals surface area (Å²) in [6.07, 6.45) is 1.30. The zero-order valence-corrected chi connectivity index (χ0v) is 21.9. The summed E-state index contributed by atoms with van der Waals surface area (Å²) in [7, 11) is -3.81. The maximum atomic E-state index is 13.6. The molecule has 0 saturated carbocycles. The van der Waals surface area contributed by atoms with Gasteiger partial charge in [-0.25, -0.2) is 8.42 Å². The number of nitrogens with zero attached hydrogens (tertiary/aromatic N) is 2. The highest BCUT2D eigenvalue weighted by molar-refractivity contribution is 7.92. The molecule has 0 saturated heterocycles. The van der Waals surface area contributed by atoms with Crippen LogP contribution >= 0.6 is 0 Å². The molecule has 196 valence electrons. The molecule has 2 aromatic carbocycles. The van der Waals surface area contributed by atoms with Crippen LogP contribution in [0.1, 0.15) is 32.8 Å². The summed E-state index contributed by atoms with van der Waals surface area (Å²) in [5.41, 5.74) is 1.32. The largest absolute Gasteiger partial charge is 0.486 e. The van der Waals surface area contributed by atoms with Gasteiger partial charge in [0, 0.05) is 19.2 Å². The van der Waals surface area contributed by atoms with Crippen LogP contribution in [0.2, 0.25) is 0 Å². The lowest BCUT2D eigenvalue weighted by atomic mass is 10.1. The molecule has 1 aliphatic heterocycles. The third-order valence-corrected chi connectivity index (χ3v) is 7.74. The number of carbonyl (C=O) groups is 2. The van der Waals surface area contributed by atoms with Gasteiger partial charge in [-0.1, -0.05) is 37.3 Å². The number of carbonyl (C=O) groups excluding carboxylic acids is 2. The van der Waals surface area contributed by atoms with Crippen LogP contribution in [0.5, 0.6) is 11.5 Å². The predicted molar refractivity (Wildman–Crippen MR) is 139 cm³/mol. The molecular weight excluding hydrogens is 482 g/mol. The lowest BCUT2D eigenvalue weighted by Gasteiger charge is -2.32. The molecule has 2 amide bonds. The van der Waals surface area contributed by atoms with Crippen molar-refractivity contribution in [1.82, 2.24) is 10.2 Å². The number of sulfonamides is 1. The maximum Gasteiger partial charge on any atom is 0.244 e. The van der Waals surface area contributed by atoms with Crippen molar-refractivity contribution in [3.8, 4) is 11.5 Å². The number of amides is 2. The van der Waals surface area contributed by atoms with Crippen molar-refractivity contribution in [2.75, 3.05) is 42.9 Å².